The summed E-state index contributed by atoms with van der Waals surface area (Å²) in [7, 11) is 0. The van der Waals surface area contributed by atoms with Crippen molar-refractivity contribution in [1.29, 1.82) is 0 Å². The maximum Gasteiger partial charge on any atom is 0.131 e. The molecule has 0 radical (unpaired) electrons. The molecule has 0 amide bonds. The zero-order valence-electron chi connectivity index (χ0n) is 22.8. The average Bonchev–Trinajstić information content (AvgIpc) is 2.88. The van der Waals surface area contributed by atoms with Crippen LogP contribution in [0.4, 0.5) is 0 Å². The van der Waals surface area contributed by atoms with Gasteiger partial charge in [-0.1, -0.05) is 12.1 Å². The van der Waals surface area contributed by atoms with Crippen LogP contribution in [-0.4, -0.2) is 36.6 Å². The molecular formula is C34H44O4. The molecule has 0 saturated heterocycles. The molecule has 0 spiro atoms. The van der Waals surface area contributed by atoms with Crippen molar-refractivity contribution in [2.75, 3.05) is 26.4 Å². The number of benzene rings is 2. The van der Waals surface area contributed by atoms with Gasteiger partial charge < -0.3 is 19.7 Å². The maximum atomic E-state index is 9.64. The number of fused-ring (bicyclic) bond motifs is 1. The smallest absolute Gasteiger partial charge is 0.131 e. The quantitative estimate of drug-likeness (QED) is 0.420. The second-order valence-corrected chi connectivity index (χ2v) is 14.5. The largest absolute Gasteiger partial charge is 0.490 e. The van der Waals surface area contributed by atoms with Crippen LogP contribution in [-0.2, 0) is 10.8 Å². The Bertz CT molecular complexity index is 1070. The highest BCUT2D eigenvalue weighted by molar-refractivity contribution is 6.00. The van der Waals surface area contributed by atoms with Crippen molar-refractivity contribution in [1.82, 2.24) is 0 Å². The van der Waals surface area contributed by atoms with Gasteiger partial charge in [0.1, 0.15) is 24.7 Å². The van der Waals surface area contributed by atoms with Crippen LogP contribution in [0.25, 0.3) is 10.8 Å². The molecule has 4 nitrogen and oxygen atoms in total. The molecule has 0 aromatic heterocycles. The van der Waals surface area contributed by atoms with E-state index in [1.807, 2.05) is 0 Å². The molecule has 0 unspecified atom stereocenters. The van der Waals surface area contributed by atoms with Crippen LogP contribution in [0.3, 0.4) is 0 Å². The minimum atomic E-state index is -0.000277. The molecule has 0 heterocycles. The lowest BCUT2D eigenvalue weighted by atomic mass is 9.46. The van der Waals surface area contributed by atoms with Gasteiger partial charge in [0.2, 0.25) is 0 Å². The second kappa shape index (κ2) is 8.86. The Balaban J connectivity index is 1.37. The van der Waals surface area contributed by atoms with E-state index < -0.39 is 0 Å². The molecule has 4 heteroatoms. The third-order valence-electron chi connectivity index (χ3n) is 12.0. The first kappa shape index (κ1) is 24.1. The summed E-state index contributed by atoms with van der Waals surface area (Å²) in [5.41, 5.74) is 3.69. The third-order valence-corrected chi connectivity index (χ3v) is 12.0. The molecule has 8 bridgehead atoms. The summed E-state index contributed by atoms with van der Waals surface area (Å²) < 4.78 is 12.5. The predicted molar refractivity (Wildman–Crippen MR) is 149 cm³/mol. The number of hydrogen-bond donors (Lipinski definition) is 2. The molecule has 2 aromatic rings. The number of ether oxygens (including phenoxy) is 2. The fraction of sp³-hybridized carbons (Fsp3) is 0.706. The predicted octanol–water partition coefficient (Wildman–Crippen LogP) is 6.52. The van der Waals surface area contributed by atoms with Crippen molar-refractivity contribution < 1.29 is 19.7 Å². The molecule has 38 heavy (non-hydrogen) atoms. The average molecular weight is 517 g/mol. The van der Waals surface area contributed by atoms with Crippen molar-refractivity contribution in [3.05, 3.63) is 35.4 Å². The van der Waals surface area contributed by atoms with Gasteiger partial charge in [-0.2, -0.15) is 0 Å². The Morgan fingerprint density at radius 2 is 0.868 bits per heavy atom. The zero-order chi connectivity index (χ0) is 25.5. The zero-order valence-corrected chi connectivity index (χ0v) is 22.8. The van der Waals surface area contributed by atoms with Gasteiger partial charge in [-0.3, -0.25) is 0 Å². The molecule has 10 rings (SSSR count). The fourth-order valence-electron chi connectivity index (χ4n) is 11.8. The van der Waals surface area contributed by atoms with Gasteiger partial charge in [0.05, 0.1) is 18.6 Å². The van der Waals surface area contributed by atoms with Crippen LogP contribution in [0.2, 0.25) is 0 Å². The molecule has 2 aromatic carbocycles. The molecule has 8 saturated carbocycles. The van der Waals surface area contributed by atoms with E-state index in [1.165, 1.54) is 82.4 Å². The maximum absolute atomic E-state index is 9.64. The second-order valence-electron chi connectivity index (χ2n) is 14.5. The van der Waals surface area contributed by atoms with E-state index in [0.29, 0.717) is 0 Å². The van der Waals surface area contributed by atoms with E-state index in [1.54, 1.807) is 11.1 Å². The van der Waals surface area contributed by atoms with Crippen LogP contribution >= 0.6 is 0 Å². The summed E-state index contributed by atoms with van der Waals surface area (Å²) in [6.45, 7) is 0.569. The van der Waals surface area contributed by atoms with E-state index in [9.17, 15) is 10.2 Å². The van der Waals surface area contributed by atoms with Gasteiger partial charge in [0.15, 0.2) is 0 Å². The number of aliphatic hydroxyl groups is 2. The lowest BCUT2D eigenvalue weighted by Gasteiger charge is -2.59. The highest BCUT2D eigenvalue weighted by Crippen LogP contribution is 2.65. The molecule has 204 valence electrons. The van der Waals surface area contributed by atoms with Crippen molar-refractivity contribution in [3.8, 4) is 11.5 Å². The summed E-state index contributed by atoms with van der Waals surface area (Å²) in [6, 6.07) is 9.23. The molecule has 0 aliphatic heterocycles. The summed E-state index contributed by atoms with van der Waals surface area (Å²) in [6.07, 6.45) is 16.7. The Kier molecular flexibility index (Phi) is 5.61. The number of aliphatic hydroxyl groups excluding tert-OH is 2. The lowest BCUT2D eigenvalue weighted by Crippen LogP contribution is -2.50. The summed E-state index contributed by atoms with van der Waals surface area (Å²) in [4.78, 5) is 0. The molecule has 8 aliphatic rings. The Hall–Kier alpha value is -1.78. The van der Waals surface area contributed by atoms with Crippen LogP contribution < -0.4 is 9.47 Å². The van der Waals surface area contributed by atoms with Gasteiger partial charge in [-0.15, -0.1) is 0 Å². The standard InChI is InChI=1S/C34H44O4/c35-5-7-37-29-3-1-27(33-15-21-9-22(16-33)11-23(10-21)17-33)31-28(2-4-30(32(29)31)38-8-6-36)34-18-24-12-25(19-34)14-26(13-24)20-34/h1-4,21-26,35-36H,5-20H2. The third kappa shape index (κ3) is 3.61. The van der Waals surface area contributed by atoms with E-state index >= 15 is 0 Å². The van der Waals surface area contributed by atoms with Gasteiger partial charge in [0.25, 0.3) is 0 Å². The minimum Gasteiger partial charge on any atom is -0.490 e. The van der Waals surface area contributed by atoms with E-state index in [4.69, 9.17) is 9.47 Å². The van der Waals surface area contributed by atoms with Crippen LogP contribution in [0.1, 0.15) is 88.2 Å². The van der Waals surface area contributed by atoms with Gasteiger partial charge in [0, 0.05) is 0 Å². The van der Waals surface area contributed by atoms with Crippen LogP contribution in [0, 0.1) is 35.5 Å². The first-order chi connectivity index (χ1) is 18.6. The minimum absolute atomic E-state index is 0.000277. The molecule has 8 fully saturated rings. The van der Waals surface area contributed by atoms with Gasteiger partial charge in [-0.25, -0.2) is 0 Å². The summed E-state index contributed by atoms with van der Waals surface area (Å²) in [5, 5.41) is 21.8. The molecule has 8 aliphatic carbocycles. The topological polar surface area (TPSA) is 58.9 Å². The Morgan fingerprint density at radius 1 is 0.526 bits per heavy atom. The van der Waals surface area contributed by atoms with Crippen LogP contribution in [0.15, 0.2) is 24.3 Å². The lowest BCUT2D eigenvalue weighted by molar-refractivity contribution is -0.00682. The molecular weight excluding hydrogens is 472 g/mol. The van der Waals surface area contributed by atoms with Crippen molar-refractivity contribution in [3.63, 3.8) is 0 Å². The van der Waals surface area contributed by atoms with Gasteiger partial charge in [-0.05, 0) is 152 Å². The van der Waals surface area contributed by atoms with Crippen molar-refractivity contribution in [2.45, 2.75) is 87.9 Å². The van der Waals surface area contributed by atoms with Crippen LogP contribution in [0.5, 0.6) is 11.5 Å². The van der Waals surface area contributed by atoms with E-state index in [2.05, 4.69) is 24.3 Å². The first-order valence-corrected chi connectivity index (χ1v) is 15.7. The summed E-state index contributed by atoms with van der Waals surface area (Å²) >= 11 is 0. The fourth-order valence-corrected chi connectivity index (χ4v) is 11.8. The van der Waals surface area contributed by atoms with E-state index in [-0.39, 0.29) is 37.3 Å². The molecule has 0 atom stereocenters. The monoisotopic (exact) mass is 516 g/mol. The highest BCUT2D eigenvalue weighted by atomic mass is 16.5. The number of rotatable bonds is 8. The molecule has 2 N–H and O–H groups in total. The first-order valence-electron chi connectivity index (χ1n) is 15.7. The normalized spacial score (nSPS) is 40.3. The van der Waals surface area contributed by atoms with Gasteiger partial charge >= 0.3 is 0 Å². The SMILES string of the molecule is OCCOc1ccc(C23CC4CC(CC(C4)C2)C3)c2c(C34CC5CC(CC(C5)C3)C4)ccc(OCCO)c12. The Morgan fingerprint density at radius 3 is 1.18 bits per heavy atom. The highest BCUT2D eigenvalue weighted by Gasteiger charge is 2.55. The van der Waals surface area contributed by atoms with Crippen molar-refractivity contribution >= 4 is 10.8 Å². The van der Waals surface area contributed by atoms with Crippen molar-refractivity contribution in [2.24, 2.45) is 35.5 Å². The number of hydrogen-bond acceptors (Lipinski definition) is 4. The Labute approximate surface area is 227 Å². The van der Waals surface area contributed by atoms with E-state index in [0.717, 1.165) is 52.4 Å². The summed E-state index contributed by atoms with van der Waals surface area (Å²) in [5.74, 6) is 7.00.